The van der Waals surface area contributed by atoms with Crippen LogP contribution in [0.4, 0.5) is 15.8 Å². The number of anilines is 2. The molecule has 2 nitrogen and oxygen atoms in total. The molecular weight excluding hydrogens is 239 g/mol. The zero-order valence-electron chi connectivity index (χ0n) is 11.6. The lowest BCUT2D eigenvalue weighted by Crippen LogP contribution is -2.12. The smallest absolute Gasteiger partial charge is 0.125 e. The number of halogens is 1. The normalized spacial score (nSPS) is 10.5. The van der Waals surface area contributed by atoms with Crippen LogP contribution < -0.4 is 10.2 Å². The highest BCUT2D eigenvalue weighted by molar-refractivity contribution is 5.65. The van der Waals surface area contributed by atoms with E-state index >= 15 is 0 Å². The van der Waals surface area contributed by atoms with Gasteiger partial charge in [0.1, 0.15) is 5.82 Å². The molecule has 0 aliphatic carbocycles. The highest BCUT2D eigenvalue weighted by atomic mass is 19.1. The van der Waals surface area contributed by atoms with Gasteiger partial charge in [-0.2, -0.15) is 0 Å². The van der Waals surface area contributed by atoms with Gasteiger partial charge >= 0.3 is 0 Å². The van der Waals surface area contributed by atoms with Crippen LogP contribution in [0.2, 0.25) is 0 Å². The van der Waals surface area contributed by atoms with Crippen LogP contribution in [0.15, 0.2) is 42.5 Å². The molecule has 0 unspecified atom stereocenters. The number of aryl methyl sites for hydroxylation is 1. The Bertz CT molecular complexity index is 566. The second kappa shape index (κ2) is 5.85. The molecule has 19 heavy (non-hydrogen) atoms. The molecule has 0 aliphatic heterocycles. The number of rotatable bonds is 4. The zero-order chi connectivity index (χ0) is 13.8. The molecule has 2 aromatic carbocycles. The second-order valence-electron chi connectivity index (χ2n) is 4.69. The molecule has 2 rings (SSSR count). The minimum atomic E-state index is -0.214. The van der Waals surface area contributed by atoms with Crippen LogP contribution >= 0.6 is 0 Å². The lowest BCUT2D eigenvalue weighted by Gasteiger charge is -2.22. The van der Waals surface area contributed by atoms with Crippen molar-refractivity contribution < 1.29 is 4.39 Å². The van der Waals surface area contributed by atoms with Crippen LogP contribution in [-0.4, -0.2) is 14.1 Å². The summed E-state index contributed by atoms with van der Waals surface area (Å²) in [6.07, 6.45) is 0. The van der Waals surface area contributed by atoms with Gasteiger partial charge in [-0.05, 0) is 49.4 Å². The van der Waals surface area contributed by atoms with Gasteiger partial charge < -0.3 is 10.2 Å². The summed E-state index contributed by atoms with van der Waals surface area (Å²) in [6.45, 7) is 2.93. The van der Waals surface area contributed by atoms with E-state index in [0.29, 0.717) is 0 Å². The summed E-state index contributed by atoms with van der Waals surface area (Å²) in [4.78, 5) is 2.00. The van der Waals surface area contributed by atoms with Gasteiger partial charge in [0.25, 0.3) is 0 Å². The fraction of sp³-hybridized carbons (Fsp3) is 0.250. The lowest BCUT2D eigenvalue weighted by atomic mass is 10.1. The average molecular weight is 258 g/mol. The molecule has 0 spiro atoms. The van der Waals surface area contributed by atoms with Crippen LogP contribution in [0, 0.1) is 12.7 Å². The van der Waals surface area contributed by atoms with Crippen molar-refractivity contribution in [2.75, 3.05) is 19.0 Å². The molecule has 0 radical (unpaired) electrons. The van der Waals surface area contributed by atoms with E-state index < -0.39 is 0 Å². The van der Waals surface area contributed by atoms with E-state index in [2.05, 4.69) is 30.4 Å². The molecular formula is C16H19FN2. The van der Waals surface area contributed by atoms with Gasteiger partial charge in [-0.15, -0.1) is 0 Å². The van der Waals surface area contributed by atoms with Crippen molar-refractivity contribution in [1.29, 1.82) is 0 Å². The van der Waals surface area contributed by atoms with E-state index in [1.165, 1.54) is 17.2 Å². The van der Waals surface area contributed by atoms with E-state index in [1.807, 2.05) is 25.1 Å². The zero-order valence-corrected chi connectivity index (χ0v) is 11.6. The molecule has 0 amide bonds. The highest BCUT2D eigenvalue weighted by Crippen LogP contribution is 2.27. The molecule has 0 aromatic heterocycles. The Balaban J connectivity index is 2.31. The predicted molar refractivity (Wildman–Crippen MR) is 78.4 cm³/mol. The maximum atomic E-state index is 13.3. The summed E-state index contributed by atoms with van der Waals surface area (Å²) in [6, 6.07) is 13.0. The maximum absolute atomic E-state index is 13.3. The van der Waals surface area contributed by atoms with Crippen molar-refractivity contribution in [2.24, 2.45) is 0 Å². The van der Waals surface area contributed by atoms with Gasteiger partial charge in [-0.25, -0.2) is 4.39 Å². The van der Waals surface area contributed by atoms with Crippen molar-refractivity contribution >= 4 is 11.4 Å². The Morgan fingerprint density at radius 2 is 1.95 bits per heavy atom. The quantitative estimate of drug-likeness (QED) is 0.901. The third kappa shape index (κ3) is 3.12. The number of hydrogen-bond donors (Lipinski definition) is 1. The minimum Gasteiger partial charge on any atom is -0.344 e. The summed E-state index contributed by atoms with van der Waals surface area (Å²) in [5.74, 6) is -0.214. The van der Waals surface area contributed by atoms with E-state index in [4.69, 9.17) is 0 Å². The van der Waals surface area contributed by atoms with E-state index in [1.54, 1.807) is 12.1 Å². The van der Waals surface area contributed by atoms with Crippen LogP contribution in [-0.2, 0) is 6.54 Å². The minimum absolute atomic E-state index is 0.214. The predicted octanol–water partition coefficient (Wildman–Crippen LogP) is 3.62. The Morgan fingerprint density at radius 3 is 2.58 bits per heavy atom. The SMILES string of the molecule is CNCc1ccc(N(C)c2cccc(F)c2)c(C)c1. The first-order valence-corrected chi connectivity index (χ1v) is 6.35. The second-order valence-corrected chi connectivity index (χ2v) is 4.69. The molecule has 0 heterocycles. The Hall–Kier alpha value is -1.87. The van der Waals surface area contributed by atoms with Crippen molar-refractivity contribution in [3.05, 3.63) is 59.4 Å². The van der Waals surface area contributed by atoms with E-state index in [9.17, 15) is 4.39 Å². The Labute approximate surface area is 113 Å². The van der Waals surface area contributed by atoms with Crippen molar-refractivity contribution in [3.63, 3.8) is 0 Å². The van der Waals surface area contributed by atoms with Gasteiger partial charge in [-0.1, -0.05) is 18.2 Å². The maximum Gasteiger partial charge on any atom is 0.125 e. The third-order valence-electron chi connectivity index (χ3n) is 3.20. The highest BCUT2D eigenvalue weighted by Gasteiger charge is 2.08. The standard InChI is InChI=1S/C16H19FN2/c1-12-9-13(11-18-2)7-8-16(12)19(3)15-6-4-5-14(17)10-15/h4-10,18H,11H2,1-3H3. The fourth-order valence-corrected chi connectivity index (χ4v) is 2.23. The van der Waals surface area contributed by atoms with Crippen molar-refractivity contribution in [1.82, 2.24) is 5.32 Å². The molecule has 0 atom stereocenters. The molecule has 1 N–H and O–H groups in total. The first-order chi connectivity index (χ1) is 9.11. The average Bonchev–Trinajstić information content (AvgIpc) is 2.38. The third-order valence-corrected chi connectivity index (χ3v) is 3.20. The van der Waals surface area contributed by atoms with Crippen molar-refractivity contribution in [2.45, 2.75) is 13.5 Å². The summed E-state index contributed by atoms with van der Waals surface area (Å²) < 4.78 is 13.3. The Kier molecular flexibility index (Phi) is 4.17. The van der Waals surface area contributed by atoms with Crippen LogP contribution in [0.1, 0.15) is 11.1 Å². The van der Waals surface area contributed by atoms with Crippen LogP contribution in [0.3, 0.4) is 0 Å². The molecule has 3 heteroatoms. The summed E-state index contributed by atoms with van der Waals surface area (Å²) in [7, 11) is 3.89. The fourth-order valence-electron chi connectivity index (χ4n) is 2.23. The molecule has 0 saturated carbocycles. The molecule has 100 valence electrons. The van der Waals surface area contributed by atoms with Gasteiger partial charge in [-0.3, -0.25) is 0 Å². The van der Waals surface area contributed by atoms with E-state index in [0.717, 1.165) is 17.9 Å². The van der Waals surface area contributed by atoms with Gasteiger partial charge in [0.2, 0.25) is 0 Å². The Morgan fingerprint density at radius 1 is 1.16 bits per heavy atom. The topological polar surface area (TPSA) is 15.3 Å². The lowest BCUT2D eigenvalue weighted by molar-refractivity contribution is 0.628. The summed E-state index contributed by atoms with van der Waals surface area (Å²) in [5.41, 5.74) is 4.37. The monoisotopic (exact) mass is 258 g/mol. The van der Waals surface area contributed by atoms with Gasteiger partial charge in [0.15, 0.2) is 0 Å². The molecule has 0 fully saturated rings. The molecule has 0 bridgehead atoms. The molecule has 0 aliphatic rings. The number of hydrogen-bond acceptors (Lipinski definition) is 2. The summed E-state index contributed by atoms with van der Waals surface area (Å²) in [5, 5.41) is 3.14. The van der Waals surface area contributed by atoms with Crippen molar-refractivity contribution in [3.8, 4) is 0 Å². The summed E-state index contributed by atoms with van der Waals surface area (Å²) >= 11 is 0. The molecule has 0 saturated heterocycles. The first-order valence-electron chi connectivity index (χ1n) is 6.35. The van der Waals surface area contributed by atoms with Crippen LogP contribution in [0.5, 0.6) is 0 Å². The molecule has 2 aromatic rings. The van der Waals surface area contributed by atoms with Crippen LogP contribution in [0.25, 0.3) is 0 Å². The first kappa shape index (κ1) is 13.6. The number of nitrogens with zero attached hydrogens (tertiary/aromatic N) is 1. The number of nitrogens with one attached hydrogen (secondary N) is 1. The van der Waals surface area contributed by atoms with Gasteiger partial charge in [0, 0.05) is 25.0 Å². The largest absolute Gasteiger partial charge is 0.344 e. The van der Waals surface area contributed by atoms with Gasteiger partial charge in [0.05, 0.1) is 0 Å². The van der Waals surface area contributed by atoms with E-state index in [-0.39, 0.29) is 5.82 Å². The number of benzene rings is 2.